The van der Waals surface area contributed by atoms with Crippen LogP contribution < -0.4 is 5.32 Å². The SMILES string of the molecule is C=C(Br)CNC(=S)c1ccco1. The van der Waals surface area contributed by atoms with Gasteiger partial charge in [0.15, 0.2) is 5.76 Å². The van der Waals surface area contributed by atoms with Crippen molar-refractivity contribution < 1.29 is 4.42 Å². The van der Waals surface area contributed by atoms with E-state index in [-0.39, 0.29) is 0 Å². The highest BCUT2D eigenvalue weighted by atomic mass is 79.9. The summed E-state index contributed by atoms with van der Waals surface area (Å²) in [6, 6.07) is 3.61. The van der Waals surface area contributed by atoms with Crippen LogP contribution in [-0.2, 0) is 0 Å². The second-order valence-electron chi connectivity index (χ2n) is 2.18. The van der Waals surface area contributed by atoms with Crippen LogP contribution >= 0.6 is 28.1 Å². The molecule has 4 heteroatoms. The van der Waals surface area contributed by atoms with Gasteiger partial charge in [-0.15, -0.1) is 0 Å². The van der Waals surface area contributed by atoms with Crippen LogP contribution in [0.2, 0.25) is 0 Å². The average Bonchev–Trinajstić information content (AvgIpc) is 2.51. The Morgan fingerprint density at radius 1 is 1.75 bits per heavy atom. The molecule has 12 heavy (non-hydrogen) atoms. The van der Waals surface area contributed by atoms with Crippen molar-refractivity contribution in [2.45, 2.75) is 0 Å². The third kappa shape index (κ3) is 2.79. The summed E-state index contributed by atoms with van der Waals surface area (Å²) in [5.74, 6) is 0.679. The molecule has 1 N–H and O–H groups in total. The number of rotatable bonds is 3. The van der Waals surface area contributed by atoms with E-state index in [1.54, 1.807) is 12.3 Å². The third-order valence-corrected chi connectivity index (χ3v) is 1.81. The lowest BCUT2D eigenvalue weighted by atomic mass is 10.4. The molecule has 0 saturated heterocycles. The molecule has 2 nitrogen and oxygen atoms in total. The Morgan fingerprint density at radius 3 is 3.00 bits per heavy atom. The van der Waals surface area contributed by atoms with Gasteiger partial charge in [-0.2, -0.15) is 0 Å². The van der Waals surface area contributed by atoms with Crippen LogP contribution in [0.1, 0.15) is 5.76 Å². The van der Waals surface area contributed by atoms with Crippen molar-refractivity contribution in [3.63, 3.8) is 0 Å². The van der Waals surface area contributed by atoms with Crippen molar-refractivity contribution in [2.75, 3.05) is 6.54 Å². The van der Waals surface area contributed by atoms with Gasteiger partial charge in [0.05, 0.1) is 6.26 Å². The first-order valence-corrected chi connectivity index (χ1v) is 4.55. The zero-order valence-electron chi connectivity index (χ0n) is 6.34. The maximum Gasteiger partial charge on any atom is 0.160 e. The molecule has 1 heterocycles. The van der Waals surface area contributed by atoms with E-state index >= 15 is 0 Å². The zero-order chi connectivity index (χ0) is 8.97. The number of halogens is 1. The van der Waals surface area contributed by atoms with Crippen LogP contribution in [-0.4, -0.2) is 11.5 Å². The molecule has 0 bridgehead atoms. The standard InChI is InChI=1S/C8H8BrNOS/c1-6(9)5-10-8(12)7-3-2-4-11-7/h2-4H,1,5H2,(H,10,12). The van der Waals surface area contributed by atoms with Gasteiger partial charge in [-0.1, -0.05) is 34.7 Å². The highest BCUT2D eigenvalue weighted by Crippen LogP contribution is 2.02. The summed E-state index contributed by atoms with van der Waals surface area (Å²) >= 11 is 8.24. The van der Waals surface area contributed by atoms with E-state index in [4.69, 9.17) is 16.6 Å². The van der Waals surface area contributed by atoms with Crippen LogP contribution in [0.5, 0.6) is 0 Å². The molecule has 64 valence electrons. The fourth-order valence-electron chi connectivity index (χ4n) is 0.671. The molecule has 0 aliphatic carbocycles. The molecule has 0 spiro atoms. The molecule has 0 radical (unpaired) electrons. The Hall–Kier alpha value is -0.610. The Balaban J connectivity index is 2.45. The lowest BCUT2D eigenvalue weighted by molar-refractivity contribution is 0.556. The summed E-state index contributed by atoms with van der Waals surface area (Å²) in [4.78, 5) is 0.598. The van der Waals surface area contributed by atoms with Gasteiger partial charge in [-0.25, -0.2) is 0 Å². The fraction of sp³-hybridized carbons (Fsp3) is 0.125. The number of hydrogen-bond donors (Lipinski definition) is 1. The lowest BCUT2D eigenvalue weighted by Crippen LogP contribution is -2.22. The van der Waals surface area contributed by atoms with Crippen molar-refractivity contribution in [2.24, 2.45) is 0 Å². The van der Waals surface area contributed by atoms with E-state index < -0.39 is 0 Å². The largest absolute Gasteiger partial charge is 0.462 e. The van der Waals surface area contributed by atoms with Gasteiger partial charge in [0.2, 0.25) is 0 Å². The van der Waals surface area contributed by atoms with E-state index in [9.17, 15) is 0 Å². The van der Waals surface area contributed by atoms with Gasteiger partial charge >= 0.3 is 0 Å². The quantitative estimate of drug-likeness (QED) is 0.829. The maximum absolute atomic E-state index is 5.08. The molecule has 0 aliphatic heterocycles. The number of furan rings is 1. The minimum Gasteiger partial charge on any atom is -0.462 e. The van der Waals surface area contributed by atoms with Gasteiger partial charge in [0, 0.05) is 11.0 Å². The molecule has 0 amide bonds. The van der Waals surface area contributed by atoms with E-state index in [2.05, 4.69) is 27.8 Å². The molecular weight excluding hydrogens is 238 g/mol. The topological polar surface area (TPSA) is 25.2 Å². The summed E-state index contributed by atoms with van der Waals surface area (Å²) in [6.45, 7) is 4.28. The highest BCUT2D eigenvalue weighted by molar-refractivity contribution is 9.11. The second kappa shape index (κ2) is 4.42. The molecule has 0 aromatic carbocycles. The minimum absolute atomic E-state index is 0.598. The number of nitrogens with one attached hydrogen (secondary N) is 1. The predicted molar refractivity (Wildman–Crippen MR) is 56.5 cm³/mol. The van der Waals surface area contributed by atoms with Gasteiger partial charge in [-0.3, -0.25) is 0 Å². The molecule has 0 aliphatic rings. The van der Waals surface area contributed by atoms with Crippen molar-refractivity contribution in [1.82, 2.24) is 5.32 Å². The molecule has 0 atom stereocenters. The second-order valence-corrected chi connectivity index (χ2v) is 3.71. The lowest BCUT2D eigenvalue weighted by Gasteiger charge is -2.02. The van der Waals surface area contributed by atoms with Crippen LogP contribution in [0.3, 0.4) is 0 Å². The number of thiocarbonyl (C=S) groups is 1. The summed E-state index contributed by atoms with van der Waals surface area (Å²) in [5.41, 5.74) is 0. The Kier molecular flexibility index (Phi) is 3.49. The van der Waals surface area contributed by atoms with Crippen molar-refractivity contribution >= 4 is 33.1 Å². The van der Waals surface area contributed by atoms with Crippen LogP contribution in [0.4, 0.5) is 0 Å². The first kappa shape index (κ1) is 9.48. The molecular formula is C8H8BrNOS. The van der Waals surface area contributed by atoms with E-state index in [0.717, 1.165) is 4.48 Å². The monoisotopic (exact) mass is 245 g/mol. The molecule has 0 saturated carbocycles. The first-order valence-electron chi connectivity index (χ1n) is 3.35. The fourth-order valence-corrected chi connectivity index (χ4v) is 1.000. The normalized spacial score (nSPS) is 9.42. The summed E-state index contributed by atoms with van der Waals surface area (Å²) in [5, 5.41) is 2.98. The Bertz CT molecular complexity index is 281. The molecule has 0 fully saturated rings. The van der Waals surface area contributed by atoms with Gasteiger partial charge in [0.25, 0.3) is 0 Å². The Labute approximate surface area is 84.8 Å². The highest BCUT2D eigenvalue weighted by Gasteiger charge is 2.01. The van der Waals surface area contributed by atoms with E-state index in [0.29, 0.717) is 17.3 Å². The van der Waals surface area contributed by atoms with Gasteiger partial charge < -0.3 is 9.73 Å². The van der Waals surface area contributed by atoms with E-state index in [1.807, 2.05) is 6.07 Å². The van der Waals surface area contributed by atoms with Crippen LogP contribution in [0, 0.1) is 0 Å². The average molecular weight is 246 g/mol. The summed E-state index contributed by atoms with van der Waals surface area (Å²) in [6.07, 6.45) is 1.59. The molecule has 1 aromatic heterocycles. The van der Waals surface area contributed by atoms with Crippen molar-refractivity contribution in [1.29, 1.82) is 0 Å². The van der Waals surface area contributed by atoms with Crippen LogP contribution in [0.15, 0.2) is 33.9 Å². The molecule has 0 unspecified atom stereocenters. The predicted octanol–water partition coefficient (Wildman–Crippen LogP) is 2.45. The zero-order valence-corrected chi connectivity index (χ0v) is 8.74. The molecule has 1 aromatic rings. The smallest absolute Gasteiger partial charge is 0.160 e. The molecule has 1 rings (SSSR count). The van der Waals surface area contributed by atoms with Crippen molar-refractivity contribution in [3.05, 3.63) is 35.2 Å². The van der Waals surface area contributed by atoms with Crippen molar-refractivity contribution in [3.8, 4) is 0 Å². The van der Waals surface area contributed by atoms with Gasteiger partial charge in [0.1, 0.15) is 4.99 Å². The minimum atomic E-state index is 0.598. The maximum atomic E-state index is 5.08. The summed E-state index contributed by atoms with van der Waals surface area (Å²) < 4.78 is 5.94. The summed E-state index contributed by atoms with van der Waals surface area (Å²) in [7, 11) is 0. The Morgan fingerprint density at radius 2 is 2.50 bits per heavy atom. The van der Waals surface area contributed by atoms with Gasteiger partial charge in [-0.05, 0) is 12.1 Å². The third-order valence-electron chi connectivity index (χ3n) is 1.19. The first-order chi connectivity index (χ1) is 5.70. The van der Waals surface area contributed by atoms with Crippen LogP contribution in [0.25, 0.3) is 0 Å². The number of hydrogen-bond acceptors (Lipinski definition) is 2. The van der Waals surface area contributed by atoms with E-state index in [1.165, 1.54) is 0 Å².